The third-order valence-electron chi connectivity index (χ3n) is 3.02. The van der Waals surface area contributed by atoms with E-state index in [0.717, 1.165) is 18.5 Å². The number of carbonyl (C=O) groups is 1. The Morgan fingerprint density at radius 2 is 2.00 bits per heavy atom. The van der Waals surface area contributed by atoms with E-state index in [1.54, 1.807) is 4.68 Å². The van der Waals surface area contributed by atoms with Crippen LogP contribution in [0.3, 0.4) is 0 Å². The van der Waals surface area contributed by atoms with Crippen LogP contribution in [0.25, 0.3) is 0 Å². The molecule has 4 nitrogen and oxygen atoms in total. The van der Waals surface area contributed by atoms with Crippen molar-refractivity contribution in [2.45, 2.75) is 39.2 Å². The molecule has 1 aromatic heterocycles. The zero-order chi connectivity index (χ0) is 13.5. The molecule has 4 heteroatoms. The van der Waals surface area contributed by atoms with Gasteiger partial charge in [-0.15, -0.1) is 5.10 Å². The molecular weight excluding hydrogens is 238 g/mol. The number of Topliss-reactive ketones (excluding diaryl/α,β-unsaturated/α-hetero) is 1. The number of ketones is 1. The van der Waals surface area contributed by atoms with Crippen LogP contribution in [0.4, 0.5) is 0 Å². The highest BCUT2D eigenvalue weighted by atomic mass is 16.1. The summed E-state index contributed by atoms with van der Waals surface area (Å²) >= 11 is 0. The number of unbranched alkanes of at least 4 members (excludes halogenated alkanes) is 2. The Labute approximate surface area is 113 Å². The summed E-state index contributed by atoms with van der Waals surface area (Å²) in [5.74, 6) is 0.0607. The van der Waals surface area contributed by atoms with Gasteiger partial charge in [0.2, 0.25) is 0 Å². The maximum atomic E-state index is 12.0. The Morgan fingerprint density at radius 1 is 1.21 bits per heavy atom. The molecule has 0 saturated carbocycles. The van der Waals surface area contributed by atoms with Gasteiger partial charge in [-0.1, -0.05) is 55.3 Å². The molecule has 0 unspecified atom stereocenters. The second-order valence-corrected chi connectivity index (χ2v) is 4.65. The van der Waals surface area contributed by atoms with Crippen molar-refractivity contribution in [1.29, 1.82) is 0 Å². The predicted molar refractivity (Wildman–Crippen MR) is 74.0 cm³/mol. The summed E-state index contributed by atoms with van der Waals surface area (Å²) in [5.41, 5.74) is 1.68. The zero-order valence-electron chi connectivity index (χ0n) is 11.2. The highest BCUT2D eigenvalue weighted by molar-refractivity contribution is 5.95. The van der Waals surface area contributed by atoms with Gasteiger partial charge in [-0.05, 0) is 12.8 Å². The fourth-order valence-corrected chi connectivity index (χ4v) is 1.95. The van der Waals surface area contributed by atoms with Crippen LogP contribution in [0.5, 0.6) is 0 Å². The van der Waals surface area contributed by atoms with Crippen molar-refractivity contribution in [3.8, 4) is 0 Å². The molecule has 0 amide bonds. The SMILES string of the molecule is CCCCCc1cn(CC(=O)c2ccccc2)nn1. The number of hydrogen-bond acceptors (Lipinski definition) is 3. The first-order valence-electron chi connectivity index (χ1n) is 6.77. The quantitative estimate of drug-likeness (QED) is 0.566. The average molecular weight is 257 g/mol. The number of rotatable bonds is 7. The van der Waals surface area contributed by atoms with Crippen molar-refractivity contribution < 1.29 is 4.79 Å². The van der Waals surface area contributed by atoms with Gasteiger partial charge in [0.25, 0.3) is 0 Å². The fourth-order valence-electron chi connectivity index (χ4n) is 1.95. The van der Waals surface area contributed by atoms with Gasteiger partial charge in [0, 0.05) is 11.8 Å². The summed E-state index contributed by atoms with van der Waals surface area (Å²) in [6, 6.07) is 9.27. The van der Waals surface area contributed by atoms with Crippen LogP contribution < -0.4 is 0 Å². The van der Waals surface area contributed by atoms with Crippen molar-refractivity contribution in [3.05, 3.63) is 47.8 Å². The van der Waals surface area contributed by atoms with Gasteiger partial charge < -0.3 is 0 Å². The molecular formula is C15H19N3O. The maximum absolute atomic E-state index is 12.0. The van der Waals surface area contributed by atoms with Gasteiger partial charge in [-0.2, -0.15) is 0 Å². The lowest BCUT2D eigenvalue weighted by Crippen LogP contribution is -2.10. The van der Waals surface area contributed by atoms with Crippen LogP contribution in [0.2, 0.25) is 0 Å². The molecule has 2 aromatic rings. The van der Waals surface area contributed by atoms with Crippen LogP contribution >= 0.6 is 0 Å². The van der Waals surface area contributed by atoms with E-state index in [0.29, 0.717) is 5.56 Å². The van der Waals surface area contributed by atoms with Crippen LogP contribution in [0, 0.1) is 0 Å². The first kappa shape index (κ1) is 13.5. The van der Waals surface area contributed by atoms with Gasteiger partial charge in [-0.3, -0.25) is 4.79 Å². The van der Waals surface area contributed by atoms with Crippen LogP contribution in [-0.4, -0.2) is 20.8 Å². The molecule has 100 valence electrons. The third kappa shape index (κ3) is 4.02. The van der Waals surface area contributed by atoms with E-state index in [9.17, 15) is 4.79 Å². The maximum Gasteiger partial charge on any atom is 0.184 e. The Bertz CT molecular complexity index is 519. The Kier molecular flexibility index (Phi) is 4.84. The summed E-state index contributed by atoms with van der Waals surface area (Å²) in [6.07, 6.45) is 6.34. The van der Waals surface area contributed by atoms with E-state index in [4.69, 9.17) is 0 Å². The molecule has 19 heavy (non-hydrogen) atoms. The van der Waals surface area contributed by atoms with Crippen LogP contribution in [0.15, 0.2) is 36.5 Å². The van der Waals surface area contributed by atoms with E-state index >= 15 is 0 Å². The fraction of sp³-hybridized carbons (Fsp3) is 0.400. The smallest absolute Gasteiger partial charge is 0.184 e. The first-order valence-corrected chi connectivity index (χ1v) is 6.77. The van der Waals surface area contributed by atoms with E-state index < -0.39 is 0 Å². The van der Waals surface area contributed by atoms with Crippen molar-refractivity contribution in [3.63, 3.8) is 0 Å². The number of aromatic nitrogens is 3. The standard InChI is InChI=1S/C15H19N3O/c1-2-3-5-10-14-11-18(17-16-14)12-15(19)13-8-6-4-7-9-13/h4,6-9,11H,2-3,5,10,12H2,1H3. The van der Waals surface area contributed by atoms with E-state index in [2.05, 4.69) is 17.2 Å². The van der Waals surface area contributed by atoms with Crippen molar-refractivity contribution in [2.75, 3.05) is 0 Å². The lowest BCUT2D eigenvalue weighted by atomic mass is 10.1. The van der Waals surface area contributed by atoms with E-state index in [1.165, 1.54) is 12.8 Å². The summed E-state index contributed by atoms with van der Waals surface area (Å²) < 4.78 is 1.62. The number of aryl methyl sites for hydroxylation is 1. The van der Waals surface area contributed by atoms with Gasteiger partial charge in [0.15, 0.2) is 5.78 Å². The minimum atomic E-state index is 0.0607. The first-order chi connectivity index (χ1) is 9.29. The average Bonchev–Trinajstić information content (AvgIpc) is 2.88. The predicted octanol–water partition coefficient (Wildman–Crippen LogP) is 2.89. The normalized spacial score (nSPS) is 10.6. The summed E-state index contributed by atoms with van der Waals surface area (Å²) in [6.45, 7) is 2.43. The molecule has 0 aliphatic carbocycles. The lowest BCUT2D eigenvalue weighted by molar-refractivity contribution is 0.0967. The number of carbonyl (C=O) groups excluding carboxylic acids is 1. The van der Waals surface area contributed by atoms with Crippen LogP contribution in [-0.2, 0) is 13.0 Å². The van der Waals surface area contributed by atoms with Crippen molar-refractivity contribution in [2.24, 2.45) is 0 Å². The van der Waals surface area contributed by atoms with E-state index in [-0.39, 0.29) is 12.3 Å². The molecule has 1 aromatic carbocycles. The monoisotopic (exact) mass is 257 g/mol. The second-order valence-electron chi connectivity index (χ2n) is 4.65. The van der Waals surface area contributed by atoms with Crippen LogP contribution in [0.1, 0.15) is 42.2 Å². The summed E-state index contributed by atoms with van der Waals surface area (Å²) in [7, 11) is 0. The minimum absolute atomic E-state index is 0.0607. The number of nitrogens with zero attached hydrogens (tertiary/aromatic N) is 3. The Balaban J connectivity index is 1.91. The molecule has 0 fully saturated rings. The van der Waals surface area contributed by atoms with Gasteiger partial charge in [0.1, 0.15) is 6.54 Å². The molecule has 0 aliphatic rings. The molecule has 0 N–H and O–H groups in total. The molecule has 1 heterocycles. The molecule has 0 spiro atoms. The van der Waals surface area contributed by atoms with Crippen molar-refractivity contribution in [1.82, 2.24) is 15.0 Å². The second kappa shape index (κ2) is 6.83. The number of benzene rings is 1. The summed E-state index contributed by atoms with van der Waals surface area (Å²) in [4.78, 5) is 12.0. The largest absolute Gasteiger partial charge is 0.292 e. The minimum Gasteiger partial charge on any atom is -0.292 e. The number of hydrogen-bond donors (Lipinski definition) is 0. The van der Waals surface area contributed by atoms with Gasteiger partial charge in [0.05, 0.1) is 5.69 Å². The van der Waals surface area contributed by atoms with Crippen molar-refractivity contribution >= 4 is 5.78 Å². The zero-order valence-corrected chi connectivity index (χ0v) is 11.2. The highest BCUT2D eigenvalue weighted by Gasteiger charge is 2.08. The molecule has 0 bridgehead atoms. The molecule has 0 atom stereocenters. The van der Waals surface area contributed by atoms with E-state index in [1.807, 2.05) is 36.5 Å². The summed E-state index contributed by atoms with van der Waals surface area (Å²) in [5, 5.41) is 8.10. The Morgan fingerprint density at radius 3 is 2.74 bits per heavy atom. The highest BCUT2D eigenvalue weighted by Crippen LogP contribution is 2.05. The molecule has 2 rings (SSSR count). The van der Waals surface area contributed by atoms with Gasteiger partial charge >= 0.3 is 0 Å². The lowest BCUT2D eigenvalue weighted by Gasteiger charge is -1.99. The molecule has 0 saturated heterocycles. The topological polar surface area (TPSA) is 47.8 Å². The molecule has 0 aliphatic heterocycles. The molecule has 0 radical (unpaired) electrons. The third-order valence-corrected chi connectivity index (χ3v) is 3.02. The van der Waals surface area contributed by atoms with Gasteiger partial charge in [-0.25, -0.2) is 4.68 Å². The Hall–Kier alpha value is -1.97.